The highest BCUT2D eigenvalue weighted by Gasteiger charge is 2.01. The molecule has 90 valence electrons. The molecule has 1 N–H and O–H groups in total. The zero-order valence-corrected chi connectivity index (χ0v) is 11.3. The fourth-order valence-electron chi connectivity index (χ4n) is 1.39. The van der Waals surface area contributed by atoms with Crippen molar-refractivity contribution in [3.8, 4) is 0 Å². The van der Waals surface area contributed by atoms with Crippen LogP contribution in [-0.2, 0) is 13.0 Å². The van der Waals surface area contributed by atoms with Crippen molar-refractivity contribution < 1.29 is 4.52 Å². The minimum Gasteiger partial charge on any atom is -0.340 e. The summed E-state index contributed by atoms with van der Waals surface area (Å²) in [5.41, 5.74) is 1.17. The zero-order valence-electron chi connectivity index (χ0n) is 8.99. The molecule has 0 saturated carbocycles. The average molecular weight is 317 g/mol. The first-order valence-corrected chi connectivity index (χ1v) is 6.33. The quantitative estimate of drug-likeness (QED) is 0.862. The lowest BCUT2D eigenvalue weighted by Crippen LogP contribution is -2.17. The van der Waals surface area contributed by atoms with Crippen LogP contribution < -0.4 is 5.32 Å². The molecule has 0 unspecified atom stereocenters. The van der Waals surface area contributed by atoms with Crippen molar-refractivity contribution >= 4 is 27.5 Å². The largest absolute Gasteiger partial charge is 0.340 e. The highest BCUT2D eigenvalue weighted by Crippen LogP contribution is 2.21. The lowest BCUT2D eigenvalue weighted by atomic mass is 10.2. The van der Waals surface area contributed by atoms with E-state index >= 15 is 0 Å². The molecular formula is C11H11BrClN3O. The molecule has 1 aromatic carbocycles. The van der Waals surface area contributed by atoms with Crippen LogP contribution in [0, 0.1) is 0 Å². The first-order valence-electron chi connectivity index (χ1n) is 5.16. The third-order valence-electron chi connectivity index (χ3n) is 2.25. The number of hydrogen-bond donors (Lipinski definition) is 1. The Kier molecular flexibility index (Phi) is 4.53. The van der Waals surface area contributed by atoms with Crippen LogP contribution in [0.4, 0.5) is 0 Å². The van der Waals surface area contributed by atoms with Crippen LogP contribution in [0.25, 0.3) is 0 Å². The Morgan fingerprint density at radius 3 is 3.00 bits per heavy atom. The molecule has 0 amide bonds. The number of benzene rings is 1. The van der Waals surface area contributed by atoms with Gasteiger partial charge < -0.3 is 9.84 Å². The van der Waals surface area contributed by atoms with Gasteiger partial charge in [0.25, 0.3) is 0 Å². The molecule has 0 aliphatic carbocycles. The van der Waals surface area contributed by atoms with E-state index in [-0.39, 0.29) is 0 Å². The Hall–Kier alpha value is -0.910. The third kappa shape index (κ3) is 3.80. The van der Waals surface area contributed by atoms with Gasteiger partial charge >= 0.3 is 0 Å². The van der Waals surface area contributed by atoms with Crippen LogP contribution in [0.1, 0.15) is 11.5 Å². The van der Waals surface area contributed by atoms with Crippen LogP contribution in [-0.4, -0.2) is 16.7 Å². The van der Waals surface area contributed by atoms with Crippen LogP contribution >= 0.6 is 27.5 Å². The molecular weight excluding hydrogens is 305 g/mol. The Balaban J connectivity index is 1.78. The van der Waals surface area contributed by atoms with Gasteiger partial charge in [0, 0.05) is 29.0 Å². The molecule has 0 aliphatic rings. The third-order valence-corrected chi connectivity index (χ3v) is 3.23. The zero-order chi connectivity index (χ0) is 12.1. The standard InChI is InChI=1S/C11H11BrClN3O/c12-10-5-9(13)2-1-8(10)6-14-4-3-11-15-7-16-17-11/h1-2,5,7,14H,3-4,6H2. The predicted octanol–water partition coefficient (Wildman–Crippen LogP) is 2.82. The van der Waals surface area contributed by atoms with E-state index in [9.17, 15) is 0 Å². The molecule has 2 aromatic rings. The van der Waals surface area contributed by atoms with E-state index in [2.05, 4.69) is 31.4 Å². The summed E-state index contributed by atoms with van der Waals surface area (Å²) >= 11 is 9.34. The van der Waals surface area contributed by atoms with Crippen LogP contribution in [0.15, 0.2) is 33.5 Å². The second kappa shape index (κ2) is 6.14. The smallest absolute Gasteiger partial charge is 0.227 e. The molecule has 17 heavy (non-hydrogen) atoms. The van der Waals surface area contributed by atoms with E-state index in [4.69, 9.17) is 16.1 Å². The van der Waals surface area contributed by atoms with Crippen LogP contribution in [0.3, 0.4) is 0 Å². The van der Waals surface area contributed by atoms with Gasteiger partial charge in [0.05, 0.1) is 0 Å². The summed E-state index contributed by atoms with van der Waals surface area (Å²) in [6, 6.07) is 5.75. The van der Waals surface area contributed by atoms with Gasteiger partial charge in [-0.15, -0.1) is 0 Å². The maximum Gasteiger partial charge on any atom is 0.227 e. The van der Waals surface area contributed by atoms with Crippen molar-refractivity contribution in [1.29, 1.82) is 0 Å². The summed E-state index contributed by atoms with van der Waals surface area (Å²) < 4.78 is 5.91. The number of hydrogen-bond acceptors (Lipinski definition) is 4. The van der Waals surface area contributed by atoms with E-state index < -0.39 is 0 Å². The van der Waals surface area contributed by atoms with Crippen molar-refractivity contribution in [3.63, 3.8) is 0 Å². The second-order valence-electron chi connectivity index (χ2n) is 3.50. The van der Waals surface area contributed by atoms with E-state index in [0.717, 1.165) is 29.0 Å². The Bertz CT molecular complexity index is 476. The molecule has 0 bridgehead atoms. The number of aromatic nitrogens is 2. The molecule has 0 atom stereocenters. The van der Waals surface area contributed by atoms with Crippen molar-refractivity contribution in [2.24, 2.45) is 0 Å². The van der Waals surface area contributed by atoms with Gasteiger partial charge in [-0.2, -0.15) is 4.98 Å². The number of rotatable bonds is 5. The Morgan fingerprint density at radius 1 is 1.41 bits per heavy atom. The van der Waals surface area contributed by atoms with Crippen molar-refractivity contribution in [3.05, 3.63) is 45.5 Å². The maximum absolute atomic E-state index is 5.87. The number of nitrogens with one attached hydrogen (secondary N) is 1. The highest BCUT2D eigenvalue weighted by molar-refractivity contribution is 9.10. The summed E-state index contributed by atoms with van der Waals surface area (Å²) in [5.74, 6) is 0.646. The predicted molar refractivity (Wildman–Crippen MR) is 68.9 cm³/mol. The number of halogens is 2. The lowest BCUT2D eigenvalue weighted by molar-refractivity contribution is 0.375. The molecule has 6 heteroatoms. The summed E-state index contributed by atoms with van der Waals surface area (Å²) in [5, 5.41) is 7.57. The fraction of sp³-hybridized carbons (Fsp3) is 0.273. The molecule has 4 nitrogen and oxygen atoms in total. The molecule has 0 spiro atoms. The maximum atomic E-state index is 5.87. The summed E-state index contributed by atoms with van der Waals surface area (Å²) in [6.07, 6.45) is 2.14. The monoisotopic (exact) mass is 315 g/mol. The topological polar surface area (TPSA) is 51.0 Å². The van der Waals surface area contributed by atoms with E-state index in [0.29, 0.717) is 5.89 Å². The van der Waals surface area contributed by atoms with E-state index in [1.165, 1.54) is 11.9 Å². The molecule has 1 heterocycles. The van der Waals surface area contributed by atoms with Gasteiger partial charge in [0.2, 0.25) is 5.89 Å². The fourth-order valence-corrected chi connectivity index (χ4v) is 2.21. The van der Waals surface area contributed by atoms with Gasteiger partial charge in [-0.25, -0.2) is 0 Å². The minimum atomic E-state index is 0.646. The minimum absolute atomic E-state index is 0.646. The molecule has 0 saturated heterocycles. The first-order chi connectivity index (χ1) is 8.25. The van der Waals surface area contributed by atoms with Crippen molar-refractivity contribution in [2.75, 3.05) is 6.54 Å². The van der Waals surface area contributed by atoms with E-state index in [1.807, 2.05) is 18.2 Å². The molecule has 0 fully saturated rings. The first kappa shape index (κ1) is 12.5. The normalized spacial score (nSPS) is 10.7. The van der Waals surface area contributed by atoms with Crippen LogP contribution in [0.2, 0.25) is 5.02 Å². The number of nitrogens with zero attached hydrogens (tertiary/aromatic N) is 2. The molecule has 2 rings (SSSR count). The van der Waals surface area contributed by atoms with Gasteiger partial charge in [-0.1, -0.05) is 38.8 Å². The summed E-state index contributed by atoms with van der Waals surface area (Å²) in [4.78, 5) is 3.95. The Labute approximate surface area is 112 Å². The summed E-state index contributed by atoms with van der Waals surface area (Å²) in [6.45, 7) is 1.56. The van der Waals surface area contributed by atoms with Crippen molar-refractivity contribution in [2.45, 2.75) is 13.0 Å². The highest BCUT2D eigenvalue weighted by atomic mass is 79.9. The second-order valence-corrected chi connectivity index (χ2v) is 4.79. The van der Waals surface area contributed by atoms with Gasteiger partial charge in [0.1, 0.15) is 0 Å². The summed E-state index contributed by atoms with van der Waals surface area (Å²) in [7, 11) is 0. The van der Waals surface area contributed by atoms with Crippen molar-refractivity contribution in [1.82, 2.24) is 15.5 Å². The van der Waals surface area contributed by atoms with Crippen LogP contribution in [0.5, 0.6) is 0 Å². The molecule has 0 aliphatic heterocycles. The average Bonchev–Trinajstić information content (AvgIpc) is 2.79. The SMILES string of the molecule is Clc1ccc(CNCCc2ncno2)c(Br)c1. The molecule has 0 radical (unpaired) electrons. The van der Waals surface area contributed by atoms with Gasteiger partial charge in [-0.3, -0.25) is 0 Å². The van der Waals surface area contributed by atoms with Gasteiger partial charge in [-0.05, 0) is 17.7 Å². The van der Waals surface area contributed by atoms with E-state index in [1.54, 1.807) is 0 Å². The molecule has 1 aromatic heterocycles. The Morgan fingerprint density at radius 2 is 2.29 bits per heavy atom. The van der Waals surface area contributed by atoms with Gasteiger partial charge in [0.15, 0.2) is 6.33 Å². The lowest BCUT2D eigenvalue weighted by Gasteiger charge is -2.06.